The number of nitrogens with zero attached hydrogens (tertiary/aromatic N) is 3. The van der Waals surface area contributed by atoms with Crippen molar-refractivity contribution >= 4 is 21.4 Å². The van der Waals surface area contributed by atoms with Crippen molar-refractivity contribution in [3.05, 3.63) is 53.6 Å². The topological polar surface area (TPSA) is 90.7 Å². The van der Waals surface area contributed by atoms with Crippen LogP contribution in [0, 0.1) is 16.7 Å². The third kappa shape index (κ3) is 5.22. The molecule has 1 heterocycles. The van der Waals surface area contributed by atoms with Gasteiger partial charge in [0.05, 0.1) is 22.1 Å². The van der Waals surface area contributed by atoms with Crippen LogP contribution in [0.4, 0.5) is 18.9 Å². The largest absolute Gasteiger partial charge is 0.492 e. The van der Waals surface area contributed by atoms with Crippen LogP contribution >= 0.6 is 0 Å². The van der Waals surface area contributed by atoms with Gasteiger partial charge in [-0.25, -0.2) is 8.42 Å². The first-order chi connectivity index (χ1) is 16.4. The summed E-state index contributed by atoms with van der Waals surface area (Å²) >= 11 is 0. The Bertz CT molecular complexity index is 1260. The zero-order chi connectivity index (χ0) is 25.4. The van der Waals surface area contributed by atoms with E-state index in [1.54, 1.807) is 12.1 Å². The maximum absolute atomic E-state index is 13.3. The summed E-state index contributed by atoms with van der Waals surface area (Å²) in [6.07, 6.45) is -3.50. The van der Waals surface area contributed by atoms with E-state index in [-0.39, 0.29) is 29.1 Å². The zero-order valence-electron chi connectivity index (χ0n) is 19.0. The molecular formula is C24H24F3N3O4S. The second-order valence-corrected chi connectivity index (χ2v) is 11.0. The van der Waals surface area contributed by atoms with Crippen molar-refractivity contribution in [1.82, 2.24) is 4.90 Å². The molecule has 0 unspecified atom stereocenters. The number of halogens is 3. The highest BCUT2D eigenvalue weighted by atomic mass is 32.2. The van der Waals surface area contributed by atoms with Crippen molar-refractivity contribution in [2.24, 2.45) is 5.41 Å². The first kappa shape index (κ1) is 24.9. The average molecular weight is 508 g/mol. The van der Waals surface area contributed by atoms with Crippen molar-refractivity contribution in [3.63, 3.8) is 0 Å². The molecule has 2 aromatic rings. The lowest BCUT2D eigenvalue weighted by atomic mass is 10.1. The summed E-state index contributed by atoms with van der Waals surface area (Å²) in [6.45, 7) is 1.02. The van der Waals surface area contributed by atoms with Gasteiger partial charge in [-0.3, -0.25) is 4.79 Å². The standard InChI is InChI=1S/C24H24F3N3O4S/c1-35(32,33)19-6-7-21(34-16-23(8-9-23)24(25,26)27)20(14-19)22(31)30-12-10-29(11-13-30)18-4-2-17(15-28)3-5-18/h2-7,14H,8-13,16H2,1H3. The van der Waals surface area contributed by atoms with E-state index >= 15 is 0 Å². The number of ether oxygens (including phenoxy) is 1. The molecule has 1 saturated carbocycles. The Morgan fingerprint density at radius 3 is 2.23 bits per heavy atom. The lowest BCUT2D eigenvalue weighted by Crippen LogP contribution is -2.48. The number of carbonyl (C=O) groups excluding carboxylic acids is 1. The van der Waals surface area contributed by atoms with Gasteiger partial charge in [-0.05, 0) is 55.3 Å². The number of carbonyl (C=O) groups is 1. The first-order valence-electron chi connectivity index (χ1n) is 11.0. The zero-order valence-corrected chi connectivity index (χ0v) is 19.8. The SMILES string of the molecule is CS(=O)(=O)c1ccc(OCC2(C(F)(F)F)CC2)c(C(=O)N2CCN(c3ccc(C#N)cc3)CC2)c1. The molecule has 1 aliphatic carbocycles. The highest BCUT2D eigenvalue weighted by Crippen LogP contribution is 2.57. The second-order valence-electron chi connectivity index (χ2n) is 8.93. The van der Waals surface area contributed by atoms with Crippen LogP contribution in [0.5, 0.6) is 5.75 Å². The van der Waals surface area contributed by atoms with E-state index < -0.39 is 33.9 Å². The Morgan fingerprint density at radius 2 is 1.71 bits per heavy atom. The van der Waals surface area contributed by atoms with Gasteiger partial charge in [0.1, 0.15) is 17.8 Å². The number of amides is 1. The first-order valence-corrected chi connectivity index (χ1v) is 12.9. The predicted octanol–water partition coefficient (Wildman–Crippen LogP) is 3.65. The van der Waals surface area contributed by atoms with Gasteiger partial charge in [-0.1, -0.05) is 0 Å². The highest BCUT2D eigenvalue weighted by Gasteiger charge is 2.64. The molecule has 0 radical (unpaired) electrons. The number of nitriles is 1. The summed E-state index contributed by atoms with van der Waals surface area (Å²) < 4.78 is 69.6. The number of alkyl halides is 3. The Hall–Kier alpha value is -3.26. The quantitative estimate of drug-likeness (QED) is 0.593. The second kappa shape index (κ2) is 9.07. The van der Waals surface area contributed by atoms with E-state index in [4.69, 9.17) is 10.00 Å². The molecule has 35 heavy (non-hydrogen) atoms. The number of hydrogen-bond donors (Lipinski definition) is 0. The van der Waals surface area contributed by atoms with Gasteiger partial charge in [0.15, 0.2) is 9.84 Å². The summed E-state index contributed by atoms with van der Waals surface area (Å²) in [7, 11) is -3.65. The van der Waals surface area contributed by atoms with Crippen LogP contribution in [-0.4, -0.2) is 64.4 Å². The summed E-state index contributed by atoms with van der Waals surface area (Å²) in [5.74, 6) is -0.561. The fourth-order valence-electron chi connectivity index (χ4n) is 3.99. The average Bonchev–Trinajstić information content (AvgIpc) is 3.63. The van der Waals surface area contributed by atoms with Crippen molar-refractivity contribution in [1.29, 1.82) is 5.26 Å². The van der Waals surface area contributed by atoms with Crippen molar-refractivity contribution < 1.29 is 31.1 Å². The van der Waals surface area contributed by atoms with E-state index in [2.05, 4.69) is 11.0 Å². The van der Waals surface area contributed by atoms with E-state index in [1.165, 1.54) is 23.1 Å². The Kier molecular flexibility index (Phi) is 6.44. The molecule has 2 fully saturated rings. The Morgan fingerprint density at radius 1 is 1.09 bits per heavy atom. The van der Waals surface area contributed by atoms with Gasteiger partial charge < -0.3 is 14.5 Å². The van der Waals surface area contributed by atoms with Crippen LogP contribution in [0.3, 0.4) is 0 Å². The maximum atomic E-state index is 13.3. The monoisotopic (exact) mass is 507 g/mol. The lowest BCUT2D eigenvalue weighted by Gasteiger charge is -2.36. The van der Waals surface area contributed by atoms with E-state index in [1.807, 2.05) is 12.1 Å². The van der Waals surface area contributed by atoms with Crippen LogP contribution in [-0.2, 0) is 9.84 Å². The third-order valence-corrected chi connectivity index (χ3v) is 7.61. The highest BCUT2D eigenvalue weighted by molar-refractivity contribution is 7.90. The predicted molar refractivity (Wildman–Crippen MR) is 122 cm³/mol. The van der Waals surface area contributed by atoms with E-state index in [0.29, 0.717) is 31.7 Å². The molecule has 1 aliphatic heterocycles. The molecule has 11 heteroatoms. The fourth-order valence-corrected chi connectivity index (χ4v) is 4.64. The van der Waals surface area contributed by atoms with Gasteiger partial charge in [0, 0.05) is 38.1 Å². The lowest BCUT2D eigenvalue weighted by molar-refractivity contribution is -0.194. The van der Waals surface area contributed by atoms with Crippen molar-refractivity contribution in [3.8, 4) is 11.8 Å². The summed E-state index contributed by atoms with van der Waals surface area (Å²) in [5.41, 5.74) is -0.548. The summed E-state index contributed by atoms with van der Waals surface area (Å²) in [5, 5.41) is 8.95. The van der Waals surface area contributed by atoms with Gasteiger partial charge in [-0.15, -0.1) is 0 Å². The van der Waals surface area contributed by atoms with Gasteiger partial charge >= 0.3 is 6.18 Å². The number of hydrogen-bond acceptors (Lipinski definition) is 6. The molecule has 0 N–H and O–H groups in total. The molecule has 186 valence electrons. The molecule has 1 amide bonds. The molecule has 2 aromatic carbocycles. The Balaban J connectivity index is 1.52. The third-order valence-electron chi connectivity index (χ3n) is 6.50. The molecule has 0 aromatic heterocycles. The minimum absolute atomic E-state index is 0.0431. The molecule has 7 nitrogen and oxygen atoms in total. The number of sulfone groups is 1. The van der Waals surface area contributed by atoms with E-state index in [9.17, 15) is 26.4 Å². The molecular weight excluding hydrogens is 483 g/mol. The van der Waals surface area contributed by atoms with Crippen molar-refractivity contribution in [2.45, 2.75) is 23.9 Å². The van der Waals surface area contributed by atoms with Crippen LogP contribution in [0.15, 0.2) is 47.4 Å². The molecule has 1 saturated heterocycles. The molecule has 0 atom stereocenters. The number of rotatable bonds is 6. The fraction of sp³-hybridized carbons (Fsp3) is 0.417. The summed E-state index contributed by atoms with van der Waals surface area (Å²) in [6, 6.07) is 12.8. The Labute approximate surface area is 201 Å². The summed E-state index contributed by atoms with van der Waals surface area (Å²) in [4.78, 5) is 16.8. The molecule has 2 aliphatic rings. The minimum atomic E-state index is -4.41. The minimum Gasteiger partial charge on any atom is -0.492 e. The van der Waals surface area contributed by atoms with Gasteiger partial charge in [0.2, 0.25) is 0 Å². The normalized spacial score (nSPS) is 17.6. The maximum Gasteiger partial charge on any atom is 0.397 e. The van der Waals surface area contributed by atoms with Crippen LogP contribution < -0.4 is 9.64 Å². The van der Waals surface area contributed by atoms with Crippen LogP contribution in [0.25, 0.3) is 0 Å². The smallest absolute Gasteiger partial charge is 0.397 e. The molecule has 0 bridgehead atoms. The van der Waals surface area contributed by atoms with Crippen LogP contribution in [0.2, 0.25) is 0 Å². The molecule has 0 spiro atoms. The van der Waals surface area contributed by atoms with Crippen molar-refractivity contribution in [2.75, 3.05) is 43.9 Å². The van der Waals surface area contributed by atoms with E-state index in [0.717, 1.165) is 11.9 Å². The molecule has 4 rings (SSSR count). The van der Waals surface area contributed by atoms with Gasteiger partial charge in [-0.2, -0.15) is 18.4 Å². The van der Waals surface area contributed by atoms with Gasteiger partial charge in [0.25, 0.3) is 5.91 Å². The number of anilines is 1. The number of piperazine rings is 1. The van der Waals surface area contributed by atoms with Crippen LogP contribution in [0.1, 0.15) is 28.8 Å². The number of benzene rings is 2.